The van der Waals surface area contributed by atoms with Gasteiger partial charge in [-0.05, 0) is 43.9 Å². The Hall–Kier alpha value is -0.280. The molecule has 2 N–H and O–H groups in total. The Morgan fingerprint density at radius 3 is 2.40 bits per heavy atom. The lowest BCUT2D eigenvalue weighted by Gasteiger charge is -2.40. The van der Waals surface area contributed by atoms with Crippen molar-refractivity contribution in [2.24, 2.45) is 23.0 Å². The molecule has 0 aliphatic carbocycles. The van der Waals surface area contributed by atoms with Crippen LogP contribution in [0.15, 0.2) is 0 Å². The molecule has 0 spiro atoms. The molecular formula is C16H33ClN2O. The van der Waals surface area contributed by atoms with Crippen LogP contribution in [-0.2, 0) is 4.79 Å². The monoisotopic (exact) mass is 304 g/mol. The maximum Gasteiger partial charge on any atom is 0.230 e. The molecular weight excluding hydrogens is 272 g/mol. The molecule has 1 heterocycles. The summed E-state index contributed by atoms with van der Waals surface area (Å²) < 4.78 is 0. The van der Waals surface area contributed by atoms with Crippen LogP contribution in [0.2, 0.25) is 0 Å². The van der Waals surface area contributed by atoms with Crippen molar-refractivity contribution < 1.29 is 4.79 Å². The Labute approximate surface area is 131 Å². The van der Waals surface area contributed by atoms with Gasteiger partial charge in [-0.2, -0.15) is 0 Å². The summed E-state index contributed by atoms with van der Waals surface area (Å²) in [6.07, 6.45) is 5.36. The Balaban J connectivity index is 0.00000361. The minimum atomic E-state index is -0.320. The van der Waals surface area contributed by atoms with E-state index in [2.05, 4.69) is 32.6 Å². The first kappa shape index (κ1) is 19.7. The Morgan fingerprint density at radius 2 is 1.95 bits per heavy atom. The molecule has 1 saturated heterocycles. The Morgan fingerprint density at radius 1 is 1.35 bits per heavy atom. The van der Waals surface area contributed by atoms with E-state index in [-0.39, 0.29) is 17.8 Å². The summed E-state index contributed by atoms with van der Waals surface area (Å²) in [6, 6.07) is 0. The first-order valence-corrected chi connectivity index (χ1v) is 7.98. The van der Waals surface area contributed by atoms with E-state index in [1.54, 1.807) is 0 Å². The van der Waals surface area contributed by atoms with Crippen molar-refractivity contribution in [3.63, 3.8) is 0 Å². The quantitative estimate of drug-likeness (QED) is 0.817. The maximum absolute atomic E-state index is 12.8. The number of hydrogen-bond donors (Lipinski definition) is 1. The normalized spacial score (nSPS) is 19.9. The summed E-state index contributed by atoms with van der Waals surface area (Å²) in [5.74, 6) is 1.70. The van der Waals surface area contributed by atoms with E-state index >= 15 is 0 Å². The van der Waals surface area contributed by atoms with Gasteiger partial charge in [-0.3, -0.25) is 4.79 Å². The standard InChI is InChI=1S/C16H32N2O.ClH/c1-5-16(6-2,12-17)15(19)18-9-7-8-14(11-18)10-13(3)4;/h13-14H,5-12,17H2,1-4H3;1H. The van der Waals surface area contributed by atoms with Gasteiger partial charge in [0.1, 0.15) is 0 Å². The second-order valence-corrected chi connectivity index (χ2v) is 6.58. The molecule has 1 unspecified atom stereocenters. The number of nitrogens with zero attached hydrogens (tertiary/aromatic N) is 1. The van der Waals surface area contributed by atoms with Crippen LogP contribution in [0.4, 0.5) is 0 Å². The van der Waals surface area contributed by atoms with Crippen molar-refractivity contribution in [1.82, 2.24) is 4.90 Å². The average Bonchev–Trinajstić information content (AvgIpc) is 2.40. The summed E-state index contributed by atoms with van der Waals surface area (Å²) in [4.78, 5) is 14.9. The van der Waals surface area contributed by atoms with Crippen LogP contribution in [-0.4, -0.2) is 30.4 Å². The second kappa shape index (κ2) is 8.89. The minimum Gasteiger partial charge on any atom is -0.342 e. The maximum atomic E-state index is 12.8. The molecule has 1 atom stereocenters. The molecule has 0 saturated carbocycles. The highest BCUT2D eigenvalue weighted by Crippen LogP contribution is 2.31. The molecule has 3 nitrogen and oxygen atoms in total. The number of likely N-dealkylation sites (tertiary alicyclic amines) is 1. The number of nitrogens with two attached hydrogens (primary N) is 1. The number of carbonyl (C=O) groups is 1. The number of hydrogen-bond acceptors (Lipinski definition) is 2. The smallest absolute Gasteiger partial charge is 0.230 e. The van der Waals surface area contributed by atoms with Gasteiger partial charge in [-0.15, -0.1) is 12.4 Å². The van der Waals surface area contributed by atoms with Crippen LogP contribution in [0.25, 0.3) is 0 Å². The molecule has 1 aliphatic heterocycles. The van der Waals surface area contributed by atoms with Gasteiger partial charge in [0.25, 0.3) is 0 Å². The molecule has 20 heavy (non-hydrogen) atoms. The molecule has 1 fully saturated rings. The molecule has 120 valence electrons. The van der Waals surface area contributed by atoms with E-state index in [1.165, 1.54) is 12.8 Å². The molecule has 0 bridgehead atoms. The summed E-state index contributed by atoms with van der Waals surface area (Å²) in [5.41, 5.74) is 5.58. The molecule has 0 aromatic heterocycles. The van der Waals surface area contributed by atoms with Gasteiger partial charge < -0.3 is 10.6 Å². The van der Waals surface area contributed by atoms with Crippen LogP contribution >= 0.6 is 12.4 Å². The van der Waals surface area contributed by atoms with Gasteiger partial charge in [0.05, 0.1) is 5.41 Å². The van der Waals surface area contributed by atoms with Crippen molar-refractivity contribution >= 4 is 18.3 Å². The van der Waals surface area contributed by atoms with Crippen LogP contribution in [0.1, 0.15) is 59.8 Å². The highest BCUT2D eigenvalue weighted by atomic mass is 35.5. The van der Waals surface area contributed by atoms with Gasteiger partial charge in [0, 0.05) is 19.6 Å². The average molecular weight is 305 g/mol. The zero-order valence-corrected chi connectivity index (χ0v) is 14.5. The SMILES string of the molecule is CCC(CC)(CN)C(=O)N1CCCC(CC(C)C)C1.Cl. The highest BCUT2D eigenvalue weighted by molar-refractivity contribution is 5.85. The zero-order valence-electron chi connectivity index (χ0n) is 13.7. The molecule has 1 amide bonds. The van der Waals surface area contributed by atoms with E-state index in [1.807, 2.05) is 0 Å². The fourth-order valence-electron chi connectivity index (χ4n) is 3.37. The number of amides is 1. The number of piperidine rings is 1. The summed E-state index contributed by atoms with van der Waals surface area (Å²) in [5, 5.41) is 0. The molecule has 0 radical (unpaired) electrons. The summed E-state index contributed by atoms with van der Waals surface area (Å²) in [7, 11) is 0. The fraction of sp³-hybridized carbons (Fsp3) is 0.938. The van der Waals surface area contributed by atoms with Crippen molar-refractivity contribution in [3.05, 3.63) is 0 Å². The summed E-state index contributed by atoms with van der Waals surface area (Å²) >= 11 is 0. The van der Waals surface area contributed by atoms with Gasteiger partial charge in [-0.25, -0.2) is 0 Å². The van der Waals surface area contributed by atoms with E-state index in [0.717, 1.165) is 38.3 Å². The van der Waals surface area contributed by atoms with Gasteiger partial charge in [-0.1, -0.05) is 27.7 Å². The Bertz CT molecular complexity index is 282. The van der Waals surface area contributed by atoms with E-state index in [4.69, 9.17) is 5.73 Å². The number of halogens is 1. The number of carbonyl (C=O) groups excluding carboxylic acids is 1. The minimum absolute atomic E-state index is 0. The van der Waals surface area contributed by atoms with Gasteiger partial charge in [0.2, 0.25) is 5.91 Å². The van der Waals surface area contributed by atoms with Crippen LogP contribution in [0, 0.1) is 17.3 Å². The molecule has 4 heteroatoms. The van der Waals surface area contributed by atoms with Crippen molar-refractivity contribution in [2.45, 2.75) is 59.8 Å². The second-order valence-electron chi connectivity index (χ2n) is 6.58. The molecule has 0 aromatic rings. The van der Waals surface area contributed by atoms with Crippen molar-refractivity contribution in [2.75, 3.05) is 19.6 Å². The van der Waals surface area contributed by atoms with E-state index in [0.29, 0.717) is 18.4 Å². The lowest BCUT2D eigenvalue weighted by Crippen LogP contribution is -2.50. The van der Waals surface area contributed by atoms with Crippen molar-refractivity contribution in [1.29, 1.82) is 0 Å². The van der Waals surface area contributed by atoms with E-state index in [9.17, 15) is 4.79 Å². The van der Waals surface area contributed by atoms with Crippen LogP contribution in [0.3, 0.4) is 0 Å². The predicted molar refractivity (Wildman–Crippen MR) is 88.1 cm³/mol. The number of rotatable bonds is 6. The van der Waals surface area contributed by atoms with E-state index < -0.39 is 0 Å². The third-order valence-electron chi connectivity index (χ3n) is 4.81. The van der Waals surface area contributed by atoms with Crippen LogP contribution < -0.4 is 5.73 Å². The predicted octanol–water partition coefficient (Wildman–Crippen LogP) is 3.46. The topological polar surface area (TPSA) is 46.3 Å². The Kier molecular flexibility index (Phi) is 8.76. The van der Waals surface area contributed by atoms with Gasteiger partial charge in [0.15, 0.2) is 0 Å². The molecule has 1 rings (SSSR count). The summed E-state index contributed by atoms with van der Waals surface area (Å²) in [6.45, 7) is 11.1. The largest absolute Gasteiger partial charge is 0.342 e. The lowest BCUT2D eigenvalue weighted by atomic mass is 9.79. The first-order chi connectivity index (χ1) is 8.99. The fourth-order valence-corrected chi connectivity index (χ4v) is 3.37. The van der Waals surface area contributed by atoms with Crippen molar-refractivity contribution in [3.8, 4) is 0 Å². The third-order valence-corrected chi connectivity index (χ3v) is 4.81. The van der Waals surface area contributed by atoms with Gasteiger partial charge >= 0.3 is 0 Å². The van der Waals surface area contributed by atoms with Crippen LogP contribution in [0.5, 0.6) is 0 Å². The lowest BCUT2D eigenvalue weighted by molar-refractivity contribution is -0.144. The third kappa shape index (κ3) is 4.63. The molecule has 0 aromatic carbocycles. The molecule has 1 aliphatic rings. The highest BCUT2D eigenvalue weighted by Gasteiger charge is 2.38. The zero-order chi connectivity index (χ0) is 14.5. The first-order valence-electron chi connectivity index (χ1n) is 7.98.